The summed E-state index contributed by atoms with van der Waals surface area (Å²) in [5.74, 6) is -0.132. The number of hydrogen-bond donors (Lipinski definition) is 1. The summed E-state index contributed by atoms with van der Waals surface area (Å²) in [6.45, 7) is 1.88. The third-order valence-electron chi connectivity index (χ3n) is 4.09. The summed E-state index contributed by atoms with van der Waals surface area (Å²) in [4.78, 5) is 12.3. The summed E-state index contributed by atoms with van der Waals surface area (Å²) in [7, 11) is 0. The van der Waals surface area contributed by atoms with Crippen LogP contribution in [-0.2, 0) is 15.1 Å². The number of ether oxygens (including phenoxy) is 1. The van der Waals surface area contributed by atoms with Gasteiger partial charge in [-0.05, 0) is 35.3 Å². The van der Waals surface area contributed by atoms with Gasteiger partial charge < -0.3 is 9.84 Å². The number of carbonyl (C=O) groups is 1. The first-order chi connectivity index (χ1) is 10.7. The molecule has 0 amide bonds. The average molecular weight is 294 g/mol. The van der Waals surface area contributed by atoms with Crippen LogP contribution in [-0.4, -0.2) is 17.2 Å². The lowest BCUT2D eigenvalue weighted by atomic mass is 9.84. The Hall–Kier alpha value is -2.23. The molecule has 0 unspecified atom stereocenters. The fourth-order valence-electron chi connectivity index (χ4n) is 2.84. The van der Waals surface area contributed by atoms with Crippen LogP contribution in [0.15, 0.2) is 66.7 Å². The molecule has 0 saturated heterocycles. The third kappa shape index (κ3) is 2.49. The van der Waals surface area contributed by atoms with Crippen molar-refractivity contribution >= 4 is 5.78 Å². The normalized spacial score (nSPS) is 24.5. The van der Waals surface area contributed by atoms with Gasteiger partial charge in [0.15, 0.2) is 17.7 Å². The van der Waals surface area contributed by atoms with Crippen LogP contribution >= 0.6 is 0 Å². The van der Waals surface area contributed by atoms with E-state index < -0.39 is 11.9 Å². The molecule has 3 rings (SSSR count). The molecule has 2 aromatic rings. The van der Waals surface area contributed by atoms with E-state index in [0.717, 1.165) is 16.7 Å². The molecule has 0 radical (unpaired) electrons. The van der Waals surface area contributed by atoms with Crippen LogP contribution in [0.4, 0.5) is 0 Å². The standard InChI is InChI=1S/C19H18O3/c1-2-19(17(20)12-13-18(21)22-19)16-10-8-15(9-11-16)14-6-4-3-5-7-14/h3-13,18,21H,2H2,1H3/t18-,19+/m1/s1. The number of aliphatic hydroxyl groups excluding tert-OH is 1. The molecular weight excluding hydrogens is 276 g/mol. The van der Waals surface area contributed by atoms with Gasteiger partial charge in [0.2, 0.25) is 0 Å². The van der Waals surface area contributed by atoms with E-state index in [4.69, 9.17) is 4.74 Å². The molecule has 1 N–H and O–H groups in total. The molecule has 1 heterocycles. The number of aliphatic hydroxyl groups is 1. The van der Waals surface area contributed by atoms with Gasteiger partial charge in [0.1, 0.15) is 0 Å². The predicted molar refractivity (Wildman–Crippen MR) is 85.1 cm³/mol. The smallest absolute Gasteiger partial charge is 0.192 e. The summed E-state index contributed by atoms with van der Waals surface area (Å²) in [5.41, 5.74) is 1.87. The molecule has 0 spiro atoms. The largest absolute Gasteiger partial charge is 0.365 e. The molecule has 0 aliphatic carbocycles. The second kappa shape index (κ2) is 5.87. The molecule has 1 aliphatic rings. The lowest BCUT2D eigenvalue weighted by Gasteiger charge is -2.35. The lowest BCUT2D eigenvalue weighted by molar-refractivity contribution is -0.183. The zero-order chi connectivity index (χ0) is 15.6. The first-order valence-corrected chi connectivity index (χ1v) is 7.40. The summed E-state index contributed by atoms with van der Waals surface area (Å²) in [6.07, 6.45) is 2.20. The number of hydrogen-bond acceptors (Lipinski definition) is 3. The Kier molecular flexibility index (Phi) is 3.92. The monoisotopic (exact) mass is 294 g/mol. The Labute approximate surface area is 129 Å². The van der Waals surface area contributed by atoms with Crippen molar-refractivity contribution in [2.24, 2.45) is 0 Å². The molecule has 0 aromatic heterocycles. The van der Waals surface area contributed by atoms with Crippen LogP contribution in [0.5, 0.6) is 0 Å². The van der Waals surface area contributed by atoms with Crippen molar-refractivity contribution in [3.8, 4) is 11.1 Å². The first-order valence-electron chi connectivity index (χ1n) is 7.40. The van der Waals surface area contributed by atoms with Crippen molar-refractivity contribution in [2.45, 2.75) is 25.2 Å². The topological polar surface area (TPSA) is 46.5 Å². The minimum absolute atomic E-state index is 0.132. The Morgan fingerprint density at radius 1 is 1.05 bits per heavy atom. The number of rotatable bonds is 3. The van der Waals surface area contributed by atoms with Gasteiger partial charge in [-0.15, -0.1) is 0 Å². The molecule has 0 fully saturated rings. The van der Waals surface area contributed by atoms with Gasteiger partial charge in [-0.2, -0.15) is 0 Å². The number of ketones is 1. The second-order valence-corrected chi connectivity index (χ2v) is 5.36. The van der Waals surface area contributed by atoms with Crippen molar-refractivity contribution in [2.75, 3.05) is 0 Å². The van der Waals surface area contributed by atoms with Gasteiger partial charge >= 0.3 is 0 Å². The first kappa shape index (κ1) is 14.7. The number of carbonyl (C=O) groups excluding carboxylic acids is 1. The molecule has 2 aromatic carbocycles. The van der Waals surface area contributed by atoms with E-state index in [-0.39, 0.29) is 5.78 Å². The molecule has 0 saturated carbocycles. The van der Waals surface area contributed by atoms with Crippen LogP contribution < -0.4 is 0 Å². The molecule has 1 aliphatic heterocycles. The Morgan fingerprint density at radius 3 is 2.32 bits per heavy atom. The van der Waals surface area contributed by atoms with Gasteiger partial charge in [0.25, 0.3) is 0 Å². The van der Waals surface area contributed by atoms with Crippen molar-refractivity contribution in [3.63, 3.8) is 0 Å². The molecule has 3 heteroatoms. The van der Waals surface area contributed by atoms with E-state index in [1.807, 2.05) is 61.5 Å². The van der Waals surface area contributed by atoms with E-state index in [2.05, 4.69) is 0 Å². The molecule has 2 atom stereocenters. The summed E-state index contributed by atoms with van der Waals surface area (Å²) >= 11 is 0. The Morgan fingerprint density at radius 2 is 1.68 bits per heavy atom. The highest BCUT2D eigenvalue weighted by atomic mass is 16.6. The van der Waals surface area contributed by atoms with Crippen LogP contribution in [0, 0.1) is 0 Å². The quantitative estimate of drug-likeness (QED) is 0.943. The van der Waals surface area contributed by atoms with Crippen LogP contribution in [0.25, 0.3) is 11.1 Å². The van der Waals surface area contributed by atoms with Crippen molar-refractivity contribution < 1.29 is 14.6 Å². The van der Waals surface area contributed by atoms with Gasteiger partial charge in [0.05, 0.1) is 0 Å². The van der Waals surface area contributed by atoms with E-state index in [1.165, 1.54) is 12.2 Å². The van der Waals surface area contributed by atoms with Crippen molar-refractivity contribution in [1.82, 2.24) is 0 Å². The highest BCUT2D eigenvalue weighted by Crippen LogP contribution is 2.35. The SMILES string of the molecule is CC[C@@]1(c2ccc(-c3ccccc3)cc2)O[C@@H](O)C=CC1=O. The second-order valence-electron chi connectivity index (χ2n) is 5.36. The van der Waals surface area contributed by atoms with E-state index in [9.17, 15) is 9.90 Å². The average Bonchev–Trinajstić information content (AvgIpc) is 2.58. The van der Waals surface area contributed by atoms with Gasteiger partial charge in [-0.25, -0.2) is 0 Å². The van der Waals surface area contributed by atoms with Gasteiger partial charge in [-0.1, -0.05) is 61.5 Å². The summed E-state index contributed by atoms with van der Waals surface area (Å²) < 4.78 is 5.59. The Bertz CT molecular complexity index is 688. The summed E-state index contributed by atoms with van der Waals surface area (Å²) in [5, 5.41) is 9.73. The zero-order valence-corrected chi connectivity index (χ0v) is 12.4. The lowest BCUT2D eigenvalue weighted by Crippen LogP contribution is -2.43. The third-order valence-corrected chi connectivity index (χ3v) is 4.09. The molecule has 0 bridgehead atoms. The maximum absolute atomic E-state index is 12.3. The van der Waals surface area contributed by atoms with Crippen molar-refractivity contribution in [1.29, 1.82) is 0 Å². The minimum atomic E-state index is -1.09. The fourth-order valence-corrected chi connectivity index (χ4v) is 2.84. The molecule has 112 valence electrons. The minimum Gasteiger partial charge on any atom is -0.365 e. The number of benzene rings is 2. The van der Waals surface area contributed by atoms with Crippen LogP contribution in [0.2, 0.25) is 0 Å². The van der Waals surface area contributed by atoms with Crippen LogP contribution in [0.3, 0.4) is 0 Å². The zero-order valence-electron chi connectivity index (χ0n) is 12.4. The maximum Gasteiger partial charge on any atom is 0.192 e. The Balaban J connectivity index is 1.98. The molecular formula is C19H18O3. The highest BCUT2D eigenvalue weighted by molar-refractivity contribution is 5.98. The predicted octanol–water partition coefficient (Wildman–Crippen LogP) is 3.43. The van der Waals surface area contributed by atoms with Crippen LogP contribution in [0.1, 0.15) is 18.9 Å². The molecule has 22 heavy (non-hydrogen) atoms. The summed E-state index contributed by atoms with van der Waals surface area (Å²) in [6, 6.07) is 17.8. The highest BCUT2D eigenvalue weighted by Gasteiger charge is 2.42. The molecule has 3 nitrogen and oxygen atoms in total. The van der Waals surface area contributed by atoms with Gasteiger partial charge in [0, 0.05) is 0 Å². The van der Waals surface area contributed by atoms with Gasteiger partial charge in [-0.3, -0.25) is 4.79 Å². The van der Waals surface area contributed by atoms with E-state index in [1.54, 1.807) is 0 Å². The maximum atomic E-state index is 12.3. The van der Waals surface area contributed by atoms with E-state index in [0.29, 0.717) is 6.42 Å². The van der Waals surface area contributed by atoms with E-state index >= 15 is 0 Å². The fraction of sp³-hybridized carbons (Fsp3) is 0.211. The van der Waals surface area contributed by atoms with Crippen molar-refractivity contribution in [3.05, 3.63) is 72.3 Å².